The Kier molecular flexibility index (Phi) is 4.01. The second-order valence-corrected chi connectivity index (χ2v) is 5.71. The minimum atomic E-state index is -0.0832. The fourth-order valence-corrected chi connectivity index (χ4v) is 3.11. The van der Waals surface area contributed by atoms with Crippen LogP contribution in [-0.2, 0) is 17.9 Å². The average molecular weight is 303 g/mol. The SMILES string of the molecule is COC(C)c1nc(Cn2c(CO)nc3ccccc32)cs1. The molecule has 0 spiro atoms. The molecule has 6 heteroatoms. The maximum atomic E-state index is 9.51. The minimum Gasteiger partial charge on any atom is -0.388 e. The lowest BCUT2D eigenvalue weighted by atomic mass is 10.3. The molecule has 0 aliphatic heterocycles. The summed E-state index contributed by atoms with van der Waals surface area (Å²) in [5.74, 6) is 0.658. The summed E-state index contributed by atoms with van der Waals surface area (Å²) in [5, 5.41) is 12.5. The highest BCUT2D eigenvalue weighted by Crippen LogP contribution is 2.23. The molecule has 0 bridgehead atoms. The van der Waals surface area contributed by atoms with E-state index in [-0.39, 0.29) is 12.7 Å². The molecule has 3 aromatic rings. The van der Waals surface area contributed by atoms with Gasteiger partial charge in [0.15, 0.2) is 0 Å². The van der Waals surface area contributed by atoms with Gasteiger partial charge in [-0.05, 0) is 19.1 Å². The highest BCUT2D eigenvalue weighted by atomic mass is 32.1. The molecular weight excluding hydrogens is 286 g/mol. The van der Waals surface area contributed by atoms with Crippen LogP contribution in [0.25, 0.3) is 11.0 Å². The molecule has 2 aromatic heterocycles. The van der Waals surface area contributed by atoms with E-state index in [1.807, 2.05) is 41.1 Å². The lowest BCUT2D eigenvalue weighted by Gasteiger charge is -2.06. The number of rotatable bonds is 5. The van der Waals surface area contributed by atoms with Crippen LogP contribution in [0.3, 0.4) is 0 Å². The second kappa shape index (κ2) is 5.93. The Morgan fingerprint density at radius 1 is 1.33 bits per heavy atom. The molecule has 5 nitrogen and oxygen atoms in total. The van der Waals surface area contributed by atoms with Gasteiger partial charge >= 0.3 is 0 Å². The number of nitrogens with zero attached hydrogens (tertiary/aromatic N) is 3. The Hall–Kier alpha value is -1.76. The maximum Gasteiger partial charge on any atom is 0.136 e. The summed E-state index contributed by atoms with van der Waals surface area (Å²) in [7, 11) is 1.68. The van der Waals surface area contributed by atoms with Crippen molar-refractivity contribution in [3.05, 3.63) is 46.2 Å². The van der Waals surface area contributed by atoms with Crippen LogP contribution in [0.4, 0.5) is 0 Å². The van der Waals surface area contributed by atoms with Gasteiger partial charge in [0.25, 0.3) is 0 Å². The number of fused-ring (bicyclic) bond motifs is 1. The Morgan fingerprint density at radius 2 is 2.14 bits per heavy atom. The number of thiazole rings is 1. The molecule has 3 rings (SSSR count). The highest BCUT2D eigenvalue weighted by molar-refractivity contribution is 7.09. The summed E-state index contributed by atoms with van der Waals surface area (Å²) in [6.07, 6.45) is 0.000550. The van der Waals surface area contributed by atoms with Crippen LogP contribution in [0, 0.1) is 0 Å². The third-order valence-corrected chi connectivity index (χ3v) is 4.52. The van der Waals surface area contributed by atoms with Crippen molar-refractivity contribution in [3.8, 4) is 0 Å². The van der Waals surface area contributed by atoms with E-state index in [1.165, 1.54) is 0 Å². The van der Waals surface area contributed by atoms with E-state index in [0.29, 0.717) is 12.4 Å². The molecule has 0 aliphatic carbocycles. The van der Waals surface area contributed by atoms with Crippen LogP contribution in [0.5, 0.6) is 0 Å². The molecule has 0 saturated carbocycles. The molecule has 0 aliphatic rings. The zero-order valence-electron chi connectivity index (χ0n) is 12.0. The fraction of sp³-hybridized carbons (Fsp3) is 0.333. The van der Waals surface area contributed by atoms with Gasteiger partial charge in [-0.25, -0.2) is 9.97 Å². The predicted molar refractivity (Wildman–Crippen MR) is 82.3 cm³/mol. The largest absolute Gasteiger partial charge is 0.388 e. The molecule has 0 saturated heterocycles. The summed E-state index contributed by atoms with van der Waals surface area (Å²) in [6, 6.07) is 7.88. The van der Waals surface area contributed by atoms with Gasteiger partial charge < -0.3 is 14.4 Å². The number of aliphatic hydroxyl groups is 1. The third kappa shape index (κ3) is 2.70. The lowest BCUT2D eigenvalue weighted by Crippen LogP contribution is -2.06. The van der Waals surface area contributed by atoms with E-state index < -0.39 is 0 Å². The Bertz CT molecular complexity index is 750. The van der Waals surface area contributed by atoms with Crippen molar-refractivity contribution in [2.45, 2.75) is 26.2 Å². The van der Waals surface area contributed by atoms with E-state index in [0.717, 1.165) is 21.7 Å². The zero-order valence-corrected chi connectivity index (χ0v) is 12.8. The Balaban J connectivity index is 1.95. The number of aliphatic hydroxyl groups excluding tert-OH is 1. The molecular formula is C15H17N3O2S. The number of hydrogen-bond acceptors (Lipinski definition) is 5. The molecule has 110 valence electrons. The second-order valence-electron chi connectivity index (χ2n) is 4.82. The Morgan fingerprint density at radius 3 is 2.90 bits per heavy atom. The summed E-state index contributed by atoms with van der Waals surface area (Å²) < 4.78 is 7.29. The van der Waals surface area contributed by atoms with Crippen LogP contribution in [0.1, 0.15) is 29.6 Å². The first-order valence-corrected chi connectivity index (χ1v) is 7.63. The van der Waals surface area contributed by atoms with Gasteiger partial charge in [-0.15, -0.1) is 11.3 Å². The number of imidazole rings is 1. The van der Waals surface area contributed by atoms with Crippen LogP contribution < -0.4 is 0 Å². The first-order valence-electron chi connectivity index (χ1n) is 6.75. The monoisotopic (exact) mass is 303 g/mol. The predicted octanol–water partition coefficient (Wildman–Crippen LogP) is 2.74. The van der Waals surface area contributed by atoms with Crippen LogP contribution in [0.15, 0.2) is 29.6 Å². The highest BCUT2D eigenvalue weighted by Gasteiger charge is 2.13. The standard InChI is InChI=1S/C15H17N3O2S/c1-10(20-2)15-16-11(9-21-15)7-18-13-6-4-3-5-12(13)17-14(18)8-19/h3-6,9-10,19H,7-8H2,1-2H3. The van der Waals surface area contributed by atoms with E-state index >= 15 is 0 Å². The Labute approximate surface area is 126 Å². The third-order valence-electron chi connectivity index (χ3n) is 3.47. The molecule has 1 atom stereocenters. The van der Waals surface area contributed by atoms with E-state index in [1.54, 1.807) is 18.4 Å². The van der Waals surface area contributed by atoms with Crippen molar-refractivity contribution in [1.29, 1.82) is 0 Å². The lowest BCUT2D eigenvalue weighted by molar-refractivity contribution is 0.119. The van der Waals surface area contributed by atoms with Gasteiger partial charge in [0, 0.05) is 12.5 Å². The van der Waals surface area contributed by atoms with Crippen molar-refractivity contribution >= 4 is 22.4 Å². The van der Waals surface area contributed by atoms with Gasteiger partial charge in [-0.1, -0.05) is 12.1 Å². The molecule has 0 fully saturated rings. The van der Waals surface area contributed by atoms with Crippen molar-refractivity contribution in [1.82, 2.24) is 14.5 Å². The molecule has 0 amide bonds. The zero-order chi connectivity index (χ0) is 14.8. The number of hydrogen-bond donors (Lipinski definition) is 1. The van der Waals surface area contributed by atoms with Crippen molar-refractivity contribution in [2.75, 3.05) is 7.11 Å². The van der Waals surface area contributed by atoms with Crippen LogP contribution in [0.2, 0.25) is 0 Å². The first kappa shape index (κ1) is 14.2. The topological polar surface area (TPSA) is 60.2 Å². The minimum absolute atomic E-state index is 0.000550. The first-order chi connectivity index (χ1) is 10.2. The average Bonchev–Trinajstić information content (AvgIpc) is 3.12. The maximum absolute atomic E-state index is 9.51. The van der Waals surface area contributed by atoms with Gasteiger partial charge in [-0.2, -0.15) is 0 Å². The van der Waals surface area contributed by atoms with Crippen molar-refractivity contribution < 1.29 is 9.84 Å². The van der Waals surface area contributed by atoms with E-state index in [4.69, 9.17) is 4.74 Å². The van der Waals surface area contributed by atoms with Crippen molar-refractivity contribution in [2.24, 2.45) is 0 Å². The van der Waals surface area contributed by atoms with E-state index in [2.05, 4.69) is 9.97 Å². The molecule has 1 unspecified atom stereocenters. The summed E-state index contributed by atoms with van der Waals surface area (Å²) in [5.41, 5.74) is 2.86. The summed E-state index contributed by atoms with van der Waals surface area (Å²) >= 11 is 1.59. The van der Waals surface area contributed by atoms with Gasteiger partial charge in [-0.3, -0.25) is 0 Å². The van der Waals surface area contributed by atoms with E-state index in [9.17, 15) is 5.11 Å². The number of para-hydroxylation sites is 2. The van der Waals surface area contributed by atoms with Crippen molar-refractivity contribution in [3.63, 3.8) is 0 Å². The fourth-order valence-electron chi connectivity index (χ4n) is 2.27. The number of benzene rings is 1. The number of aromatic nitrogens is 3. The van der Waals surface area contributed by atoms with Gasteiger partial charge in [0.2, 0.25) is 0 Å². The smallest absolute Gasteiger partial charge is 0.136 e. The molecule has 21 heavy (non-hydrogen) atoms. The number of ether oxygens (including phenoxy) is 1. The molecule has 0 radical (unpaired) electrons. The summed E-state index contributed by atoms with van der Waals surface area (Å²) in [6.45, 7) is 2.50. The quantitative estimate of drug-likeness (QED) is 0.787. The molecule has 1 N–H and O–H groups in total. The normalized spacial score (nSPS) is 12.9. The molecule has 2 heterocycles. The molecule has 1 aromatic carbocycles. The van der Waals surface area contributed by atoms with Crippen LogP contribution in [-0.4, -0.2) is 26.8 Å². The summed E-state index contributed by atoms with van der Waals surface area (Å²) in [4.78, 5) is 9.05. The van der Waals surface area contributed by atoms with Crippen LogP contribution >= 0.6 is 11.3 Å². The van der Waals surface area contributed by atoms with Gasteiger partial charge in [0.1, 0.15) is 23.5 Å². The van der Waals surface area contributed by atoms with Gasteiger partial charge in [0.05, 0.1) is 23.3 Å². The number of methoxy groups -OCH3 is 1.